The van der Waals surface area contributed by atoms with Crippen LogP contribution in [-0.4, -0.2) is 17.1 Å². The SMILES string of the molecule is COc1cc(CSc2nc(C)c(C)c(C)n2)ccc1C#N. The number of nitrogens with zero attached hydrogens (tertiary/aromatic N) is 3. The molecule has 0 aliphatic heterocycles. The minimum absolute atomic E-state index is 0.546. The topological polar surface area (TPSA) is 58.8 Å². The molecular formula is C16H17N3OS. The summed E-state index contributed by atoms with van der Waals surface area (Å²) in [4.78, 5) is 8.99. The van der Waals surface area contributed by atoms with Crippen LogP contribution in [0.1, 0.15) is 28.1 Å². The summed E-state index contributed by atoms with van der Waals surface area (Å²) >= 11 is 1.58. The third-order valence-corrected chi connectivity index (χ3v) is 4.28. The maximum absolute atomic E-state index is 8.98. The molecular weight excluding hydrogens is 282 g/mol. The van der Waals surface area contributed by atoms with Gasteiger partial charge in [-0.25, -0.2) is 9.97 Å². The van der Waals surface area contributed by atoms with E-state index in [1.807, 2.05) is 32.9 Å². The van der Waals surface area contributed by atoms with E-state index in [0.717, 1.165) is 33.4 Å². The Balaban J connectivity index is 2.15. The molecule has 0 saturated carbocycles. The Hall–Kier alpha value is -2.06. The number of benzene rings is 1. The number of rotatable bonds is 4. The monoisotopic (exact) mass is 299 g/mol. The number of hydrogen-bond acceptors (Lipinski definition) is 5. The largest absolute Gasteiger partial charge is 0.495 e. The molecule has 0 saturated heterocycles. The zero-order valence-corrected chi connectivity index (χ0v) is 13.4. The van der Waals surface area contributed by atoms with Crippen molar-refractivity contribution >= 4 is 11.8 Å². The molecule has 1 heterocycles. The Labute approximate surface area is 129 Å². The van der Waals surface area contributed by atoms with Gasteiger partial charge >= 0.3 is 0 Å². The summed E-state index contributed by atoms with van der Waals surface area (Å²) in [7, 11) is 1.57. The van der Waals surface area contributed by atoms with Crippen molar-refractivity contribution in [2.24, 2.45) is 0 Å². The van der Waals surface area contributed by atoms with Crippen molar-refractivity contribution in [2.75, 3.05) is 7.11 Å². The van der Waals surface area contributed by atoms with Gasteiger partial charge in [-0.2, -0.15) is 5.26 Å². The lowest BCUT2D eigenvalue weighted by atomic mass is 10.1. The molecule has 2 aromatic rings. The number of methoxy groups -OCH3 is 1. The predicted molar refractivity (Wildman–Crippen MR) is 83.5 cm³/mol. The fourth-order valence-corrected chi connectivity index (χ4v) is 2.75. The minimum atomic E-state index is 0.546. The molecule has 0 spiro atoms. The average molecular weight is 299 g/mol. The van der Waals surface area contributed by atoms with E-state index in [2.05, 4.69) is 16.0 Å². The van der Waals surface area contributed by atoms with E-state index < -0.39 is 0 Å². The van der Waals surface area contributed by atoms with Crippen LogP contribution in [0.25, 0.3) is 0 Å². The first kappa shape index (κ1) is 15.3. The Morgan fingerprint density at radius 2 is 1.86 bits per heavy atom. The summed E-state index contributed by atoms with van der Waals surface area (Å²) < 4.78 is 5.22. The van der Waals surface area contributed by atoms with Gasteiger partial charge in [-0.05, 0) is 44.0 Å². The van der Waals surface area contributed by atoms with Crippen LogP contribution in [0, 0.1) is 32.1 Å². The highest BCUT2D eigenvalue weighted by Crippen LogP contribution is 2.25. The van der Waals surface area contributed by atoms with Crippen LogP contribution in [0.2, 0.25) is 0 Å². The molecule has 4 nitrogen and oxygen atoms in total. The van der Waals surface area contributed by atoms with Gasteiger partial charge in [0.25, 0.3) is 0 Å². The van der Waals surface area contributed by atoms with E-state index in [1.165, 1.54) is 0 Å². The highest BCUT2D eigenvalue weighted by atomic mass is 32.2. The van der Waals surface area contributed by atoms with Crippen molar-refractivity contribution in [3.8, 4) is 11.8 Å². The number of nitriles is 1. The third-order valence-electron chi connectivity index (χ3n) is 3.37. The highest BCUT2D eigenvalue weighted by Gasteiger charge is 2.07. The fourth-order valence-electron chi connectivity index (χ4n) is 1.87. The molecule has 2 rings (SSSR count). The number of aromatic nitrogens is 2. The first-order valence-corrected chi connectivity index (χ1v) is 7.55. The van der Waals surface area contributed by atoms with E-state index in [0.29, 0.717) is 11.3 Å². The molecule has 21 heavy (non-hydrogen) atoms. The highest BCUT2D eigenvalue weighted by molar-refractivity contribution is 7.98. The molecule has 0 radical (unpaired) electrons. The van der Waals surface area contributed by atoms with Gasteiger partial charge in [0.15, 0.2) is 5.16 Å². The molecule has 0 aliphatic rings. The van der Waals surface area contributed by atoms with Crippen molar-refractivity contribution in [1.82, 2.24) is 9.97 Å². The number of hydrogen-bond donors (Lipinski definition) is 0. The molecule has 0 bridgehead atoms. The normalized spacial score (nSPS) is 10.2. The summed E-state index contributed by atoms with van der Waals surface area (Å²) in [6, 6.07) is 7.71. The van der Waals surface area contributed by atoms with Gasteiger partial charge in [0.2, 0.25) is 0 Å². The van der Waals surface area contributed by atoms with Gasteiger partial charge < -0.3 is 4.74 Å². The second-order valence-electron chi connectivity index (χ2n) is 4.74. The van der Waals surface area contributed by atoms with Gasteiger partial charge in [0.05, 0.1) is 12.7 Å². The predicted octanol–water partition coefficient (Wildman–Crippen LogP) is 3.57. The van der Waals surface area contributed by atoms with Crippen molar-refractivity contribution in [2.45, 2.75) is 31.7 Å². The zero-order valence-electron chi connectivity index (χ0n) is 12.6. The second kappa shape index (κ2) is 6.59. The fraction of sp³-hybridized carbons (Fsp3) is 0.312. The lowest BCUT2D eigenvalue weighted by molar-refractivity contribution is 0.413. The van der Waals surface area contributed by atoms with Crippen LogP contribution < -0.4 is 4.74 Å². The van der Waals surface area contributed by atoms with Gasteiger partial charge in [-0.3, -0.25) is 0 Å². The van der Waals surface area contributed by atoms with Gasteiger partial charge in [-0.15, -0.1) is 0 Å². The number of aryl methyl sites for hydroxylation is 2. The smallest absolute Gasteiger partial charge is 0.188 e. The lowest BCUT2D eigenvalue weighted by Crippen LogP contribution is -1.98. The Morgan fingerprint density at radius 3 is 2.43 bits per heavy atom. The van der Waals surface area contributed by atoms with Crippen LogP contribution in [0.5, 0.6) is 5.75 Å². The Bertz CT molecular complexity index is 684. The van der Waals surface area contributed by atoms with Crippen LogP contribution >= 0.6 is 11.8 Å². The molecule has 1 aromatic heterocycles. The van der Waals surface area contributed by atoms with Crippen LogP contribution in [0.4, 0.5) is 0 Å². The Kier molecular flexibility index (Phi) is 4.81. The maximum Gasteiger partial charge on any atom is 0.188 e. The number of ether oxygens (including phenoxy) is 1. The lowest BCUT2D eigenvalue weighted by Gasteiger charge is -2.08. The molecule has 108 valence electrons. The van der Waals surface area contributed by atoms with Gasteiger partial charge in [0, 0.05) is 17.1 Å². The molecule has 0 unspecified atom stereocenters. The quantitative estimate of drug-likeness (QED) is 0.638. The molecule has 0 amide bonds. The second-order valence-corrected chi connectivity index (χ2v) is 5.68. The standard InChI is InChI=1S/C16H17N3OS/c1-10-11(2)18-16(19-12(10)3)21-9-13-5-6-14(8-17)15(7-13)20-4/h5-7H,9H2,1-4H3. The van der Waals surface area contributed by atoms with Crippen LogP contribution in [-0.2, 0) is 5.75 Å². The molecule has 0 atom stereocenters. The van der Waals surface area contributed by atoms with E-state index in [9.17, 15) is 0 Å². The molecule has 1 aromatic carbocycles. The molecule has 5 heteroatoms. The van der Waals surface area contributed by atoms with E-state index in [-0.39, 0.29) is 0 Å². The maximum atomic E-state index is 8.98. The van der Waals surface area contributed by atoms with Crippen molar-refractivity contribution in [1.29, 1.82) is 5.26 Å². The summed E-state index contributed by atoms with van der Waals surface area (Å²) in [5.74, 6) is 1.34. The number of thioether (sulfide) groups is 1. The molecule has 0 fully saturated rings. The summed E-state index contributed by atoms with van der Waals surface area (Å²) in [5.41, 5.74) is 4.80. The Morgan fingerprint density at radius 1 is 1.19 bits per heavy atom. The third kappa shape index (κ3) is 3.53. The molecule has 0 N–H and O–H groups in total. The van der Waals surface area contributed by atoms with Crippen molar-refractivity contribution in [3.05, 3.63) is 46.3 Å². The summed E-state index contributed by atoms with van der Waals surface area (Å²) in [6.07, 6.45) is 0. The first-order valence-electron chi connectivity index (χ1n) is 6.56. The van der Waals surface area contributed by atoms with Crippen molar-refractivity contribution in [3.63, 3.8) is 0 Å². The van der Waals surface area contributed by atoms with E-state index in [1.54, 1.807) is 24.9 Å². The zero-order chi connectivity index (χ0) is 15.4. The van der Waals surface area contributed by atoms with E-state index >= 15 is 0 Å². The van der Waals surface area contributed by atoms with Crippen molar-refractivity contribution < 1.29 is 4.74 Å². The van der Waals surface area contributed by atoms with Crippen LogP contribution in [0.15, 0.2) is 23.4 Å². The van der Waals surface area contributed by atoms with E-state index in [4.69, 9.17) is 10.00 Å². The first-order chi connectivity index (χ1) is 10.0. The average Bonchev–Trinajstić information content (AvgIpc) is 2.50. The van der Waals surface area contributed by atoms with Gasteiger partial charge in [-0.1, -0.05) is 17.8 Å². The molecule has 0 aliphatic carbocycles. The minimum Gasteiger partial charge on any atom is -0.495 e. The van der Waals surface area contributed by atoms with Gasteiger partial charge in [0.1, 0.15) is 11.8 Å². The van der Waals surface area contributed by atoms with Crippen LogP contribution in [0.3, 0.4) is 0 Å². The summed E-state index contributed by atoms with van der Waals surface area (Å²) in [6.45, 7) is 6.03. The summed E-state index contributed by atoms with van der Waals surface area (Å²) in [5, 5.41) is 9.76.